The fourth-order valence-corrected chi connectivity index (χ4v) is 3.31. The van der Waals surface area contributed by atoms with Gasteiger partial charge in [-0.05, 0) is 13.3 Å². The van der Waals surface area contributed by atoms with Crippen molar-refractivity contribution in [3.05, 3.63) is 40.9 Å². The van der Waals surface area contributed by atoms with Gasteiger partial charge in [-0.25, -0.2) is 4.98 Å². The smallest absolute Gasteiger partial charge is 0.307 e. The maximum absolute atomic E-state index is 11.8. The van der Waals surface area contributed by atoms with Crippen LogP contribution in [0.1, 0.15) is 17.7 Å². The van der Waals surface area contributed by atoms with Gasteiger partial charge in [-0.3, -0.25) is 9.59 Å². The number of benzene rings is 1. The lowest BCUT2D eigenvalue weighted by atomic mass is 10.2. The molecule has 1 aromatic heterocycles. The van der Waals surface area contributed by atoms with E-state index in [1.165, 1.54) is 5.56 Å². The monoisotopic (exact) mass is 330 g/mol. The van der Waals surface area contributed by atoms with Crippen LogP contribution in [-0.2, 0) is 16.0 Å². The van der Waals surface area contributed by atoms with E-state index >= 15 is 0 Å². The summed E-state index contributed by atoms with van der Waals surface area (Å²) in [6, 6.07) is 8.23. The zero-order valence-electron chi connectivity index (χ0n) is 12.8. The highest BCUT2D eigenvalue weighted by Crippen LogP contribution is 2.38. The van der Waals surface area contributed by atoms with Crippen LogP contribution in [0.3, 0.4) is 0 Å². The van der Waals surface area contributed by atoms with Crippen molar-refractivity contribution in [2.24, 2.45) is 11.8 Å². The lowest BCUT2D eigenvalue weighted by Gasteiger charge is -2.02. The molecular formula is C17H18N2O3S. The van der Waals surface area contributed by atoms with E-state index in [0.29, 0.717) is 19.4 Å². The second-order valence-corrected chi connectivity index (χ2v) is 6.70. The van der Waals surface area contributed by atoms with Crippen molar-refractivity contribution < 1.29 is 14.7 Å². The fraction of sp³-hybridized carbons (Fsp3) is 0.353. The van der Waals surface area contributed by atoms with Gasteiger partial charge in [0, 0.05) is 23.9 Å². The summed E-state index contributed by atoms with van der Waals surface area (Å²) in [6.07, 6.45) is 1.11. The van der Waals surface area contributed by atoms with Crippen molar-refractivity contribution in [3.63, 3.8) is 0 Å². The average molecular weight is 330 g/mol. The first-order chi connectivity index (χ1) is 11.0. The molecule has 1 fully saturated rings. The van der Waals surface area contributed by atoms with Gasteiger partial charge in [-0.1, -0.05) is 29.8 Å². The number of aliphatic carboxylic acids is 1. The van der Waals surface area contributed by atoms with Crippen LogP contribution in [0.25, 0.3) is 10.6 Å². The molecule has 120 valence electrons. The van der Waals surface area contributed by atoms with Gasteiger partial charge in [0.1, 0.15) is 5.01 Å². The molecule has 0 saturated heterocycles. The van der Waals surface area contributed by atoms with Crippen LogP contribution in [0.5, 0.6) is 0 Å². The molecule has 5 nitrogen and oxygen atoms in total. The minimum atomic E-state index is -0.882. The maximum Gasteiger partial charge on any atom is 0.307 e. The third-order valence-electron chi connectivity index (χ3n) is 3.98. The highest BCUT2D eigenvalue weighted by molar-refractivity contribution is 7.13. The van der Waals surface area contributed by atoms with Crippen LogP contribution < -0.4 is 5.32 Å². The minimum absolute atomic E-state index is 0.161. The number of carboxylic acids is 1. The molecule has 1 aliphatic rings. The predicted molar refractivity (Wildman–Crippen MR) is 88.2 cm³/mol. The highest BCUT2D eigenvalue weighted by atomic mass is 32.1. The molecule has 1 heterocycles. The molecule has 2 atom stereocenters. The third kappa shape index (κ3) is 3.76. The normalized spacial score (nSPS) is 19.3. The second kappa shape index (κ2) is 6.50. The number of carboxylic acid groups (broad SMARTS) is 1. The van der Waals surface area contributed by atoms with Crippen LogP contribution in [0.2, 0.25) is 0 Å². The van der Waals surface area contributed by atoms with Crippen molar-refractivity contribution >= 4 is 23.2 Å². The van der Waals surface area contributed by atoms with E-state index in [-0.39, 0.29) is 11.8 Å². The molecule has 1 aromatic carbocycles. The number of carbonyl (C=O) groups is 2. The summed E-state index contributed by atoms with van der Waals surface area (Å²) in [7, 11) is 0. The molecule has 0 radical (unpaired) electrons. The standard InChI is InChI=1S/C17H18N2O3S/c1-10-2-4-11(5-3-10)16-19-12(9-23-16)6-7-18-15(20)13-8-14(13)17(21)22/h2-5,9,13-14H,6-8H2,1H3,(H,18,20)(H,21,22)/t13-,14+/m1/s1. The van der Waals surface area contributed by atoms with E-state index in [1.807, 2.05) is 5.38 Å². The molecule has 0 spiro atoms. The number of aromatic nitrogens is 1. The molecule has 6 heteroatoms. The molecule has 0 aliphatic heterocycles. The molecule has 1 aliphatic carbocycles. The van der Waals surface area contributed by atoms with Crippen LogP contribution in [0.15, 0.2) is 29.6 Å². The Bertz CT molecular complexity index is 724. The fourth-order valence-electron chi connectivity index (χ4n) is 2.45. The molecule has 2 aromatic rings. The lowest BCUT2D eigenvalue weighted by Crippen LogP contribution is -2.28. The summed E-state index contributed by atoms with van der Waals surface area (Å²) in [5, 5.41) is 14.6. The number of amides is 1. The van der Waals surface area contributed by atoms with Gasteiger partial charge in [0.25, 0.3) is 0 Å². The molecule has 0 unspecified atom stereocenters. The van der Waals surface area contributed by atoms with E-state index in [2.05, 4.69) is 41.5 Å². The Kier molecular flexibility index (Phi) is 4.43. The number of rotatable bonds is 6. The SMILES string of the molecule is Cc1ccc(-c2nc(CCNC(=O)[C@@H]3C[C@@H]3C(=O)O)cs2)cc1. The molecule has 0 bridgehead atoms. The molecule has 1 amide bonds. The average Bonchev–Trinajstić information content (AvgIpc) is 3.21. The van der Waals surface area contributed by atoms with Gasteiger partial charge in [0.05, 0.1) is 17.5 Å². The molecule has 1 saturated carbocycles. The predicted octanol–water partition coefficient (Wildman–Crippen LogP) is 2.50. The summed E-state index contributed by atoms with van der Waals surface area (Å²) < 4.78 is 0. The Morgan fingerprint density at radius 3 is 2.70 bits per heavy atom. The first-order valence-electron chi connectivity index (χ1n) is 7.56. The topological polar surface area (TPSA) is 79.3 Å². The number of carbonyl (C=O) groups excluding carboxylic acids is 1. The number of aryl methyl sites for hydroxylation is 1. The van der Waals surface area contributed by atoms with E-state index in [9.17, 15) is 9.59 Å². The molecule has 2 N–H and O–H groups in total. The van der Waals surface area contributed by atoms with Gasteiger partial charge in [-0.15, -0.1) is 11.3 Å². The van der Waals surface area contributed by atoms with Crippen molar-refractivity contribution in [1.82, 2.24) is 10.3 Å². The Hall–Kier alpha value is -2.21. The first kappa shape index (κ1) is 15.7. The summed E-state index contributed by atoms with van der Waals surface area (Å²) >= 11 is 1.59. The van der Waals surface area contributed by atoms with Crippen molar-refractivity contribution in [2.45, 2.75) is 19.8 Å². The van der Waals surface area contributed by atoms with Crippen LogP contribution in [0, 0.1) is 18.8 Å². The Labute approximate surface area is 138 Å². The van der Waals surface area contributed by atoms with Gasteiger partial charge in [0.15, 0.2) is 0 Å². The number of hydrogen-bond acceptors (Lipinski definition) is 4. The maximum atomic E-state index is 11.8. The number of thiazole rings is 1. The lowest BCUT2D eigenvalue weighted by molar-refractivity contribution is -0.140. The van der Waals surface area contributed by atoms with E-state index in [0.717, 1.165) is 16.3 Å². The first-order valence-corrected chi connectivity index (χ1v) is 8.44. The van der Waals surface area contributed by atoms with Crippen molar-refractivity contribution in [2.75, 3.05) is 6.54 Å². The summed E-state index contributed by atoms with van der Waals surface area (Å²) in [5.74, 6) is -1.90. The van der Waals surface area contributed by atoms with Gasteiger partial charge in [-0.2, -0.15) is 0 Å². The number of nitrogens with zero attached hydrogens (tertiary/aromatic N) is 1. The minimum Gasteiger partial charge on any atom is -0.481 e. The van der Waals surface area contributed by atoms with E-state index < -0.39 is 11.9 Å². The quantitative estimate of drug-likeness (QED) is 0.853. The summed E-state index contributed by atoms with van der Waals surface area (Å²) in [5.41, 5.74) is 3.25. The molecular weight excluding hydrogens is 312 g/mol. The van der Waals surface area contributed by atoms with Crippen LogP contribution >= 0.6 is 11.3 Å². The van der Waals surface area contributed by atoms with Gasteiger partial charge in [0.2, 0.25) is 5.91 Å². The molecule has 3 rings (SSSR count). The van der Waals surface area contributed by atoms with Crippen LogP contribution in [-0.4, -0.2) is 28.5 Å². The third-order valence-corrected chi connectivity index (χ3v) is 4.92. The van der Waals surface area contributed by atoms with Crippen molar-refractivity contribution in [3.8, 4) is 10.6 Å². The zero-order valence-corrected chi connectivity index (χ0v) is 13.6. The summed E-state index contributed by atoms with van der Waals surface area (Å²) in [6.45, 7) is 2.53. The molecule has 23 heavy (non-hydrogen) atoms. The largest absolute Gasteiger partial charge is 0.481 e. The number of hydrogen-bond donors (Lipinski definition) is 2. The summed E-state index contributed by atoms with van der Waals surface area (Å²) in [4.78, 5) is 27.1. The zero-order chi connectivity index (χ0) is 16.4. The van der Waals surface area contributed by atoms with Crippen LogP contribution in [0.4, 0.5) is 0 Å². The van der Waals surface area contributed by atoms with Gasteiger partial charge >= 0.3 is 5.97 Å². The number of nitrogens with one attached hydrogen (secondary N) is 1. The van der Waals surface area contributed by atoms with E-state index in [4.69, 9.17) is 5.11 Å². The Morgan fingerprint density at radius 1 is 1.30 bits per heavy atom. The highest BCUT2D eigenvalue weighted by Gasteiger charge is 2.48. The Morgan fingerprint density at radius 2 is 2.04 bits per heavy atom. The van der Waals surface area contributed by atoms with Crippen molar-refractivity contribution in [1.29, 1.82) is 0 Å². The van der Waals surface area contributed by atoms with E-state index in [1.54, 1.807) is 11.3 Å². The Balaban J connectivity index is 1.49. The van der Waals surface area contributed by atoms with Gasteiger partial charge < -0.3 is 10.4 Å². The second-order valence-electron chi connectivity index (χ2n) is 5.84.